The Hall–Kier alpha value is -3.16. The van der Waals surface area contributed by atoms with Gasteiger partial charge in [-0.15, -0.1) is 0 Å². The first kappa shape index (κ1) is 29.4. The normalized spacial score (nSPS) is 13.2. The summed E-state index contributed by atoms with van der Waals surface area (Å²) in [6, 6.07) is 20.6. The van der Waals surface area contributed by atoms with E-state index < -0.39 is 34.4 Å². The number of benzene rings is 3. The molecule has 3 aromatic carbocycles. The predicted molar refractivity (Wildman–Crippen MR) is 147 cm³/mol. The maximum atomic E-state index is 13.9. The van der Waals surface area contributed by atoms with Crippen LogP contribution >= 0.6 is 22.6 Å². The van der Waals surface area contributed by atoms with Gasteiger partial charge in [0.05, 0.1) is 24.5 Å². The molecule has 0 amide bonds. The Labute approximate surface area is 232 Å². The van der Waals surface area contributed by atoms with Gasteiger partial charge in [0.15, 0.2) is 0 Å². The Morgan fingerprint density at radius 3 is 2.21 bits per heavy atom. The van der Waals surface area contributed by atoms with Crippen LogP contribution in [0.2, 0.25) is 0 Å². The van der Waals surface area contributed by atoms with E-state index in [1.54, 1.807) is 19.1 Å². The van der Waals surface area contributed by atoms with Gasteiger partial charge in [0.1, 0.15) is 16.4 Å². The van der Waals surface area contributed by atoms with Crippen molar-refractivity contribution in [1.82, 2.24) is 5.01 Å². The zero-order valence-corrected chi connectivity index (χ0v) is 22.6. The number of nitrogens with one attached hydrogen (secondary N) is 1. The fourth-order valence-corrected chi connectivity index (χ4v) is 4.20. The molecule has 1 unspecified atom stereocenters. The van der Waals surface area contributed by atoms with E-state index in [1.165, 1.54) is 18.3 Å². The lowest BCUT2D eigenvalue weighted by Crippen LogP contribution is -2.42. The number of hydrogen-bond donors (Lipinski definition) is 4. The molecule has 0 saturated carbocycles. The highest BCUT2D eigenvalue weighted by atomic mass is 127. The van der Waals surface area contributed by atoms with E-state index in [-0.39, 0.29) is 23.6 Å². The van der Waals surface area contributed by atoms with Gasteiger partial charge in [-0.25, -0.2) is 5.01 Å². The summed E-state index contributed by atoms with van der Waals surface area (Å²) >= 11 is 1.87. The van der Waals surface area contributed by atoms with Gasteiger partial charge in [-0.1, -0.05) is 89.3 Å². The van der Waals surface area contributed by atoms with Crippen LogP contribution in [0.15, 0.2) is 84.2 Å². The lowest BCUT2D eigenvalue weighted by Gasteiger charge is -2.34. The molecule has 3 aromatic rings. The van der Waals surface area contributed by atoms with Gasteiger partial charge in [-0.2, -0.15) is 18.7 Å². The van der Waals surface area contributed by atoms with Crippen molar-refractivity contribution in [2.24, 2.45) is 16.4 Å². The van der Waals surface area contributed by atoms with Gasteiger partial charge in [-0.3, -0.25) is 0 Å². The molecule has 0 bridgehead atoms. The average Bonchev–Trinajstić information content (AvgIpc) is 2.94. The highest BCUT2D eigenvalue weighted by Gasteiger charge is 2.36. The molecule has 5 N–H and O–H groups in total. The van der Waals surface area contributed by atoms with Crippen LogP contribution in [0.3, 0.4) is 0 Å². The number of aliphatic hydroxyl groups is 2. The van der Waals surface area contributed by atoms with Crippen molar-refractivity contribution in [2.45, 2.75) is 23.8 Å². The second-order valence-electron chi connectivity index (χ2n) is 8.93. The Kier molecular flexibility index (Phi) is 9.74. The van der Waals surface area contributed by atoms with Gasteiger partial charge >= 0.3 is 6.18 Å². The minimum absolute atomic E-state index is 0.0452. The summed E-state index contributed by atoms with van der Waals surface area (Å²) in [6.45, 7) is 0.702. The molecule has 0 aliphatic heterocycles. The first-order valence-electron chi connectivity index (χ1n) is 11.5. The molecule has 3 rings (SSSR count). The van der Waals surface area contributed by atoms with Gasteiger partial charge in [0.2, 0.25) is 0 Å². The van der Waals surface area contributed by atoms with Crippen molar-refractivity contribution in [3.8, 4) is 16.9 Å². The number of nitrogens with zero attached hydrogens (tertiary/aromatic N) is 2. The topological polar surface area (TPSA) is 115 Å². The van der Waals surface area contributed by atoms with Crippen LogP contribution in [0.1, 0.15) is 23.6 Å². The molecule has 7 nitrogen and oxygen atoms in total. The van der Waals surface area contributed by atoms with Crippen molar-refractivity contribution in [2.75, 3.05) is 13.2 Å². The first-order valence-corrected chi connectivity index (χ1v) is 12.7. The summed E-state index contributed by atoms with van der Waals surface area (Å²) in [6.07, 6.45) is -3.52. The number of hydrogen-bond acceptors (Lipinski definition) is 6. The van der Waals surface area contributed by atoms with Crippen LogP contribution < -0.4 is 10.5 Å². The molecule has 0 radical (unpaired) electrons. The Morgan fingerprint density at radius 1 is 1.05 bits per heavy atom. The Balaban J connectivity index is 1.82. The van der Waals surface area contributed by atoms with Gasteiger partial charge in [0.25, 0.3) is 0 Å². The molecule has 11 heteroatoms. The van der Waals surface area contributed by atoms with E-state index in [9.17, 15) is 23.4 Å². The molecule has 202 valence electrons. The van der Waals surface area contributed by atoms with E-state index >= 15 is 0 Å². The lowest BCUT2D eigenvalue weighted by atomic mass is 9.93. The molecule has 0 fully saturated rings. The standard InChI is InChI=1S/C27H28F3IN4O3/c1-26(16-36,17-37)25(31)35(34-33)14-23(32)21-11-12-24(22(13-21)27(28,29)30)38-15-18-7-9-20(10-8-18)19-5-3-2-4-6-19/h2-14,25,33,36-37H,15-17,32H2,1H3/b23-14-,34-33?. The van der Waals surface area contributed by atoms with Crippen molar-refractivity contribution < 1.29 is 28.1 Å². The molecule has 0 spiro atoms. The van der Waals surface area contributed by atoms with E-state index in [1.807, 2.05) is 65.1 Å². The number of halogens is 4. The van der Waals surface area contributed by atoms with Crippen LogP contribution in [0.25, 0.3) is 16.8 Å². The minimum atomic E-state index is -4.71. The minimum Gasteiger partial charge on any atom is -0.488 e. The predicted octanol–water partition coefficient (Wildman–Crippen LogP) is 6.21. The van der Waals surface area contributed by atoms with Crippen molar-refractivity contribution in [3.05, 3.63) is 95.7 Å². The third kappa shape index (κ3) is 7.03. The smallest absolute Gasteiger partial charge is 0.419 e. The summed E-state index contributed by atoms with van der Waals surface area (Å²) in [4.78, 5) is 0. The van der Waals surface area contributed by atoms with Crippen LogP contribution in [0, 0.1) is 10.9 Å². The number of rotatable bonds is 11. The molecule has 0 heterocycles. The third-order valence-corrected chi connectivity index (χ3v) is 8.06. The molecular weight excluding hydrogens is 612 g/mol. The highest BCUT2D eigenvalue weighted by Crippen LogP contribution is 2.38. The van der Waals surface area contributed by atoms with E-state index in [0.29, 0.717) is 5.56 Å². The average molecular weight is 640 g/mol. The van der Waals surface area contributed by atoms with Gasteiger partial charge in [0, 0.05) is 11.6 Å². The summed E-state index contributed by atoms with van der Waals surface area (Å²) in [5.74, 6) is -0.344. The van der Waals surface area contributed by atoms with Crippen LogP contribution in [0.4, 0.5) is 13.2 Å². The second kappa shape index (κ2) is 12.6. The summed E-state index contributed by atoms with van der Waals surface area (Å²) in [7, 11) is 0. The Bertz CT molecular complexity index is 1250. The molecule has 0 aromatic heterocycles. The first-order chi connectivity index (χ1) is 18.0. The van der Waals surface area contributed by atoms with E-state index in [0.717, 1.165) is 22.2 Å². The number of nitrogens with two attached hydrogens (primary N) is 1. The molecule has 0 aliphatic rings. The van der Waals surface area contributed by atoms with Crippen LogP contribution in [0.5, 0.6) is 5.75 Å². The number of aliphatic hydroxyl groups excluding tert-OH is 2. The SMILES string of the molecule is CC(CO)(CO)C(I)N(/C=C(\N)c1ccc(OCc2ccc(-c3ccccc3)cc2)c(C(F)(F)F)c1)N=N. The number of ether oxygens (including phenoxy) is 1. The largest absolute Gasteiger partial charge is 0.488 e. The summed E-state index contributed by atoms with van der Waals surface area (Å²) in [5, 5.41) is 23.7. The fraction of sp³-hybridized carbons (Fsp3) is 0.259. The molecule has 38 heavy (non-hydrogen) atoms. The molecule has 1 atom stereocenters. The van der Waals surface area contributed by atoms with Gasteiger partial charge < -0.3 is 20.7 Å². The molecule has 0 saturated heterocycles. The zero-order valence-electron chi connectivity index (χ0n) is 20.5. The highest BCUT2D eigenvalue weighted by molar-refractivity contribution is 14.1. The fourth-order valence-electron chi connectivity index (χ4n) is 3.52. The third-order valence-electron chi connectivity index (χ3n) is 5.99. The quantitative estimate of drug-likeness (QED) is 0.0655. The van der Waals surface area contributed by atoms with Crippen LogP contribution in [-0.4, -0.2) is 32.5 Å². The monoisotopic (exact) mass is 640 g/mol. The van der Waals surface area contributed by atoms with Crippen molar-refractivity contribution in [1.29, 1.82) is 5.53 Å². The van der Waals surface area contributed by atoms with Crippen molar-refractivity contribution >= 4 is 28.3 Å². The zero-order chi connectivity index (χ0) is 27.9. The molecule has 0 aliphatic carbocycles. The van der Waals surface area contributed by atoms with Crippen LogP contribution in [-0.2, 0) is 12.8 Å². The van der Waals surface area contributed by atoms with Gasteiger partial charge in [-0.05, 0) is 40.5 Å². The van der Waals surface area contributed by atoms with Crippen molar-refractivity contribution in [3.63, 3.8) is 0 Å². The second-order valence-corrected chi connectivity index (χ2v) is 10.1. The maximum absolute atomic E-state index is 13.9. The summed E-state index contributed by atoms with van der Waals surface area (Å²) < 4.78 is 46.6. The summed E-state index contributed by atoms with van der Waals surface area (Å²) in [5.41, 5.74) is 14.1. The maximum Gasteiger partial charge on any atom is 0.419 e. The molecular formula is C27H28F3IN4O3. The Morgan fingerprint density at radius 2 is 1.66 bits per heavy atom. The van der Waals surface area contributed by atoms with E-state index in [2.05, 4.69) is 5.22 Å². The number of alkyl halides is 4. The van der Waals surface area contributed by atoms with E-state index in [4.69, 9.17) is 16.0 Å². The lowest BCUT2D eigenvalue weighted by molar-refractivity contribution is -0.139.